The first-order chi connectivity index (χ1) is 13.7. The fourth-order valence-electron chi connectivity index (χ4n) is 3.37. The Morgan fingerprint density at radius 3 is 2.14 bits per heavy atom. The van der Waals surface area contributed by atoms with Gasteiger partial charge in [0.15, 0.2) is 23.0 Å². The lowest BCUT2D eigenvalue weighted by Gasteiger charge is -2.19. The first-order valence-corrected chi connectivity index (χ1v) is 8.83. The van der Waals surface area contributed by atoms with Crippen LogP contribution in [0.5, 0.6) is 23.0 Å². The molecule has 0 saturated carbocycles. The van der Waals surface area contributed by atoms with Crippen molar-refractivity contribution in [1.82, 2.24) is 4.98 Å². The predicted octanol–water partition coefficient (Wildman–Crippen LogP) is 3.99. The Balaban J connectivity index is 2.20. The van der Waals surface area contributed by atoms with E-state index >= 15 is 0 Å². The van der Waals surface area contributed by atoms with Gasteiger partial charge in [0, 0.05) is 23.9 Å². The molecule has 0 aliphatic carbocycles. The molecule has 146 valence electrons. The molecular formula is C22H23NO5. The van der Waals surface area contributed by atoms with Crippen LogP contribution in [-0.4, -0.2) is 39.7 Å². The molecule has 6 heteroatoms. The summed E-state index contributed by atoms with van der Waals surface area (Å²) < 4.78 is 21.6. The summed E-state index contributed by atoms with van der Waals surface area (Å²) in [5.74, 6) is 2.26. The molecule has 1 heterocycles. The minimum absolute atomic E-state index is 0.237. The van der Waals surface area contributed by atoms with Gasteiger partial charge in [0.05, 0.1) is 34.1 Å². The van der Waals surface area contributed by atoms with Crippen molar-refractivity contribution < 1.29 is 23.7 Å². The highest BCUT2D eigenvalue weighted by Gasteiger charge is 2.21. The average molecular weight is 381 g/mol. The van der Waals surface area contributed by atoms with Crippen LogP contribution >= 0.6 is 0 Å². The number of nitrogens with zero attached hydrogens (tertiary/aromatic N) is 1. The largest absolute Gasteiger partial charge is 0.493 e. The molecule has 3 aromatic rings. The Morgan fingerprint density at radius 1 is 0.857 bits per heavy atom. The quantitative estimate of drug-likeness (QED) is 0.550. The van der Waals surface area contributed by atoms with Crippen molar-refractivity contribution in [3.63, 3.8) is 0 Å². The van der Waals surface area contributed by atoms with E-state index in [1.165, 1.54) is 0 Å². The van der Waals surface area contributed by atoms with Crippen LogP contribution in [0.15, 0.2) is 42.6 Å². The molecule has 1 unspecified atom stereocenters. The molecule has 0 fully saturated rings. The Morgan fingerprint density at radius 2 is 1.50 bits per heavy atom. The van der Waals surface area contributed by atoms with E-state index in [0.717, 1.165) is 28.3 Å². The molecule has 0 N–H and O–H groups in total. The lowest BCUT2D eigenvalue weighted by Crippen LogP contribution is -2.06. The average Bonchev–Trinajstić information content (AvgIpc) is 2.75. The van der Waals surface area contributed by atoms with Crippen LogP contribution in [0.3, 0.4) is 0 Å². The zero-order valence-electron chi connectivity index (χ0n) is 16.4. The molecule has 0 radical (unpaired) electrons. The number of aromatic nitrogens is 1. The highest BCUT2D eigenvalue weighted by Crippen LogP contribution is 2.39. The molecular weight excluding hydrogens is 358 g/mol. The summed E-state index contributed by atoms with van der Waals surface area (Å²) in [5.41, 5.74) is 1.71. The minimum atomic E-state index is -0.237. The van der Waals surface area contributed by atoms with Crippen LogP contribution in [0.25, 0.3) is 10.8 Å². The third kappa shape index (κ3) is 3.58. The molecule has 1 atom stereocenters. The second-order valence-corrected chi connectivity index (χ2v) is 6.19. The van der Waals surface area contributed by atoms with Gasteiger partial charge < -0.3 is 23.7 Å². The van der Waals surface area contributed by atoms with E-state index in [1.54, 1.807) is 34.6 Å². The van der Waals surface area contributed by atoms with Gasteiger partial charge in [0.25, 0.3) is 0 Å². The maximum absolute atomic E-state index is 11.5. The number of carbonyl (C=O) groups is 1. The number of carbonyl (C=O) groups excluding carboxylic acids is 1. The highest BCUT2D eigenvalue weighted by molar-refractivity contribution is 5.89. The maximum atomic E-state index is 11.5. The molecule has 6 nitrogen and oxygen atoms in total. The van der Waals surface area contributed by atoms with Crippen molar-refractivity contribution in [3.8, 4) is 23.0 Å². The molecule has 0 aliphatic heterocycles. The van der Waals surface area contributed by atoms with Gasteiger partial charge in [-0.1, -0.05) is 6.07 Å². The number of methoxy groups -OCH3 is 4. The Labute approximate surface area is 164 Å². The van der Waals surface area contributed by atoms with Crippen LogP contribution in [0.2, 0.25) is 0 Å². The number of benzene rings is 2. The SMILES string of the molecule is COc1ccc(C(CC=O)c2nccc3cc(OC)c(OC)cc23)cc1OC. The number of hydrogen-bond donors (Lipinski definition) is 0. The van der Waals surface area contributed by atoms with Gasteiger partial charge in [0.2, 0.25) is 0 Å². The van der Waals surface area contributed by atoms with Gasteiger partial charge >= 0.3 is 0 Å². The molecule has 0 amide bonds. The summed E-state index contributed by atoms with van der Waals surface area (Å²) in [6.07, 6.45) is 2.93. The molecule has 28 heavy (non-hydrogen) atoms. The van der Waals surface area contributed by atoms with Gasteiger partial charge in [-0.2, -0.15) is 0 Å². The number of pyridine rings is 1. The molecule has 2 aromatic carbocycles. The summed E-state index contributed by atoms with van der Waals surface area (Å²) in [7, 11) is 6.37. The molecule has 0 spiro atoms. The monoisotopic (exact) mass is 381 g/mol. The van der Waals surface area contributed by atoms with Crippen molar-refractivity contribution >= 4 is 17.1 Å². The van der Waals surface area contributed by atoms with E-state index < -0.39 is 0 Å². The fourth-order valence-corrected chi connectivity index (χ4v) is 3.37. The van der Waals surface area contributed by atoms with E-state index in [0.29, 0.717) is 23.0 Å². The lowest BCUT2D eigenvalue weighted by molar-refractivity contribution is -0.108. The van der Waals surface area contributed by atoms with E-state index in [-0.39, 0.29) is 12.3 Å². The topological polar surface area (TPSA) is 66.9 Å². The standard InChI is InChI=1S/C22H23NO5/c1-25-18-6-5-14(11-19(18)26-2)16(8-10-24)22-17-13-21(28-4)20(27-3)12-15(17)7-9-23-22/h5-7,9-13,16H,8H2,1-4H3. The van der Waals surface area contributed by atoms with Crippen LogP contribution in [0, 0.1) is 0 Å². The number of rotatable bonds is 8. The third-order valence-electron chi connectivity index (χ3n) is 4.77. The number of hydrogen-bond acceptors (Lipinski definition) is 6. The summed E-state index contributed by atoms with van der Waals surface area (Å²) in [4.78, 5) is 16.1. The van der Waals surface area contributed by atoms with Gasteiger partial charge in [-0.3, -0.25) is 4.98 Å². The van der Waals surface area contributed by atoms with Crippen molar-refractivity contribution in [3.05, 3.63) is 53.9 Å². The Bertz CT molecular complexity index is 986. The van der Waals surface area contributed by atoms with Crippen LogP contribution in [-0.2, 0) is 4.79 Å². The first-order valence-electron chi connectivity index (χ1n) is 8.83. The minimum Gasteiger partial charge on any atom is -0.493 e. The fraction of sp³-hybridized carbons (Fsp3) is 0.273. The first kappa shape index (κ1) is 19.5. The van der Waals surface area contributed by atoms with Crippen molar-refractivity contribution in [1.29, 1.82) is 0 Å². The van der Waals surface area contributed by atoms with Crippen LogP contribution < -0.4 is 18.9 Å². The smallest absolute Gasteiger partial charge is 0.161 e. The number of fused-ring (bicyclic) bond motifs is 1. The normalized spacial score (nSPS) is 11.7. The molecule has 0 bridgehead atoms. The zero-order valence-corrected chi connectivity index (χ0v) is 16.4. The lowest BCUT2D eigenvalue weighted by atomic mass is 9.89. The molecule has 0 aliphatic rings. The van der Waals surface area contributed by atoms with E-state index in [1.807, 2.05) is 36.4 Å². The summed E-state index contributed by atoms with van der Waals surface area (Å²) in [6, 6.07) is 11.4. The van der Waals surface area contributed by atoms with Gasteiger partial charge in [-0.25, -0.2) is 0 Å². The predicted molar refractivity (Wildman–Crippen MR) is 107 cm³/mol. The summed E-state index contributed by atoms with van der Waals surface area (Å²) in [5, 5.41) is 1.86. The highest BCUT2D eigenvalue weighted by atomic mass is 16.5. The van der Waals surface area contributed by atoms with Crippen LogP contribution in [0.1, 0.15) is 23.6 Å². The van der Waals surface area contributed by atoms with E-state index in [9.17, 15) is 4.79 Å². The van der Waals surface area contributed by atoms with Crippen molar-refractivity contribution in [2.45, 2.75) is 12.3 Å². The zero-order chi connectivity index (χ0) is 20.1. The van der Waals surface area contributed by atoms with Gasteiger partial charge in [-0.05, 0) is 41.3 Å². The van der Waals surface area contributed by atoms with Crippen molar-refractivity contribution in [2.24, 2.45) is 0 Å². The third-order valence-corrected chi connectivity index (χ3v) is 4.77. The van der Waals surface area contributed by atoms with Gasteiger partial charge in [0.1, 0.15) is 6.29 Å². The Kier molecular flexibility index (Phi) is 5.99. The number of ether oxygens (including phenoxy) is 4. The molecule has 3 rings (SSSR count). The maximum Gasteiger partial charge on any atom is 0.161 e. The van der Waals surface area contributed by atoms with Crippen LogP contribution in [0.4, 0.5) is 0 Å². The van der Waals surface area contributed by atoms with E-state index in [2.05, 4.69) is 4.98 Å². The Hall–Kier alpha value is -3.28. The number of aldehydes is 1. The van der Waals surface area contributed by atoms with Crippen molar-refractivity contribution in [2.75, 3.05) is 28.4 Å². The molecule has 0 saturated heterocycles. The van der Waals surface area contributed by atoms with E-state index in [4.69, 9.17) is 18.9 Å². The molecule has 1 aromatic heterocycles. The van der Waals surface area contributed by atoms with Gasteiger partial charge in [-0.15, -0.1) is 0 Å². The second kappa shape index (κ2) is 8.61. The second-order valence-electron chi connectivity index (χ2n) is 6.19. The summed E-state index contributed by atoms with van der Waals surface area (Å²) >= 11 is 0. The summed E-state index contributed by atoms with van der Waals surface area (Å²) in [6.45, 7) is 0.